The summed E-state index contributed by atoms with van der Waals surface area (Å²) >= 11 is 0. The molecule has 1 aromatic heterocycles. The summed E-state index contributed by atoms with van der Waals surface area (Å²) in [6, 6.07) is 1.93. The molecule has 0 saturated carbocycles. The molecule has 0 aromatic carbocycles. The number of carbonyl (C=O) groups excluding carboxylic acids is 1. The lowest BCUT2D eigenvalue weighted by atomic mass is 9.92. The van der Waals surface area contributed by atoms with Crippen LogP contribution in [0.15, 0.2) is 40.5 Å². The zero-order valence-electron chi connectivity index (χ0n) is 22.2. The quantitative estimate of drug-likeness (QED) is 0.640. The third-order valence-electron chi connectivity index (χ3n) is 7.36. The molecule has 1 aromatic rings. The molecule has 4 heterocycles. The number of sulfone groups is 1. The second-order valence-corrected chi connectivity index (χ2v) is 13.8. The predicted octanol–water partition coefficient (Wildman–Crippen LogP) is 2.36. The van der Waals surface area contributed by atoms with E-state index in [2.05, 4.69) is 16.4 Å². The third kappa shape index (κ3) is 5.08. The highest BCUT2D eigenvalue weighted by Gasteiger charge is 2.40. The highest BCUT2D eigenvalue weighted by atomic mass is 32.2. The molecule has 0 radical (unpaired) electrons. The minimum absolute atomic E-state index is 0.0911. The predicted molar refractivity (Wildman–Crippen MR) is 143 cm³/mol. The highest BCUT2D eigenvalue weighted by Crippen LogP contribution is 2.43. The van der Waals surface area contributed by atoms with Crippen LogP contribution < -0.4 is 10.9 Å². The van der Waals surface area contributed by atoms with Gasteiger partial charge in [-0.2, -0.15) is 0 Å². The first-order valence-corrected chi connectivity index (χ1v) is 14.9. The molecule has 10 heteroatoms. The van der Waals surface area contributed by atoms with Gasteiger partial charge in [0.15, 0.2) is 9.84 Å². The van der Waals surface area contributed by atoms with Gasteiger partial charge in [-0.15, -0.1) is 0 Å². The summed E-state index contributed by atoms with van der Waals surface area (Å²) < 4.78 is 31.8. The SMILES string of the molecule is Cn1ccc2c(c1=O)C1=C3C(=CN(CC4CCN(C(=O)OC(C)(C)C)C4)C3CCN1)C=C2CS(C)(=O)=O. The van der Waals surface area contributed by atoms with Crippen LogP contribution in [0.2, 0.25) is 0 Å². The highest BCUT2D eigenvalue weighted by molar-refractivity contribution is 7.91. The van der Waals surface area contributed by atoms with Crippen LogP contribution in [0.1, 0.15) is 44.7 Å². The number of rotatable bonds is 4. The molecule has 2 unspecified atom stereocenters. The van der Waals surface area contributed by atoms with Crippen molar-refractivity contribution in [3.8, 4) is 0 Å². The normalized spacial score (nSPS) is 23.2. The van der Waals surface area contributed by atoms with Crippen molar-refractivity contribution in [2.24, 2.45) is 13.0 Å². The van der Waals surface area contributed by atoms with E-state index in [0.29, 0.717) is 42.3 Å². The number of nitrogens with one attached hydrogen (secondary N) is 1. The number of allylic oxidation sites excluding steroid dienone is 1. The number of pyridine rings is 1. The van der Waals surface area contributed by atoms with Gasteiger partial charge in [-0.3, -0.25) is 4.79 Å². The number of aryl methyl sites for hydroxylation is 1. The molecule has 0 bridgehead atoms. The first-order chi connectivity index (χ1) is 17.3. The molecule has 200 valence electrons. The maximum Gasteiger partial charge on any atom is 0.410 e. The van der Waals surface area contributed by atoms with Crippen LogP contribution in [0.3, 0.4) is 0 Å². The van der Waals surface area contributed by atoms with Crippen molar-refractivity contribution < 1.29 is 17.9 Å². The van der Waals surface area contributed by atoms with Gasteiger partial charge in [0.1, 0.15) is 5.60 Å². The van der Waals surface area contributed by atoms with Crippen LogP contribution in [0, 0.1) is 5.92 Å². The molecule has 4 aliphatic rings. The molecule has 5 rings (SSSR count). The van der Waals surface area contributed by atoms with Crippen LogP contribution in [0.4, 0.5) is 4.79 Å². The van der Waals surface area contributed by atoms with Gasteiger partial charge in [0.05, 0.1) is 23.1 Å². The summed E-state index contributed by atoms with van der Waals surface area (Å²) in [5.74, 6) is 0.161. The molecule has 9 nitrogen and oxygen atoms in total. The Morgan fingerprint density at radius 3 is 2.70 bits per heavy atom. The van der Waals surface area contributed by atoms with E-state index in [4.69, 9.17) is 4.74 Å². The average molecular weight is 529 g/mol. The van der Waals surface area contributed by atoms with E-state index < -0.39 is 15.4 Å². The maximum atomic E-state index is 13.4. The minimum Gasteiger partial charge on any atom is -0.444 e. The van der Waals surface area contributed by atoms with Gasteiger partial charge in [0.2, 0.25) is 0 Å². The molecular formula is C27H36N4O5S. The fourth-order valence-corrected chi connectivity index (χ4v) is 6.65. The van der Waals surface area contributed by atoms with E-state index in [0.717, 1.165) is 36.2 Å². The van der Waals surface area contributed by atoms with Crippen molar-refractivity contribution in [3.63, 3.8) is 0 Å². The van der Waals surface area contributed by atoms with E-state index in [1.807, 2.05) is 32.9 Å². The fourth-order valence-electron chi connectivity index (χ4n) is 5.84. The van der Waals surface area contributed by atoms with E-state index in [1.165, 1.54) is 6.26 Å². The molecular weight excluding hydrogens is 492 g/mol. The number of hydrogen-bond donors (Lipinski definition) is 1. The summed E-state index contributed by atoms with van der Waals surface area (Å²) in [6.45, 7) is 8.43. The Balaban J connectivity index is 1.48. The summed E-state index contributed by atoms with van der Waals surface area (Å²) in [5, 5.41) is 3.47. The van der Waals surface area contributed by atoms with Gasteiger partial charge in [-0.1, -0.05) is 0 Å². The second kappa shape index (κ2) is 9.08. The van der Waals surface area contributed by atoms with Gasteiger partial charge in [0.25, 0.3) is 5.56 Å². The number of aromatic nitrogens is 1. The van der Waals surface area contributed by atoms with Crippen LogP contribution in [-0.2, 0) is 21.6 Å². The molecule has 2 atom stereocenters. The molecule has 1 saturated heterocycles. The lowest BCUT2D eigenvalue weighted by Crippen LogP contribution is -2.41. The van der Waals surface area contributed by atoms with Crippen molar-refractivity contribution in [2.45, 2.75) is 45.3 Å². The Hall–Kier alpha value is -3.01. The molecule has 0 spiro atoms. The number of likely N-dealkylation sites (tertiary alicyclic amines) is 1. The van der Waals surface area contributed by atoms with Gasteiger partial charge in [-0.25, -0.2) is 13.2 Å². The number of fused-ring (bicyclic) bond motifs is 2. The lowest BCUT2D eigenvalue weighted by Gasteiger charge is -2.33. The van der Waals surface area contributed by atoms with E-state index in [9.17, 15) is 18.0 Å². The number of hydrogen-bond acceptors (Lipinski definition) is 7. The van der Waals surface area contributed by atoms with Crippen LogP contribution in [0.5, 0.6) is 0 Å². The summed E-state index contributed by atoms with van der Waals surface area (Å²) in [6.07, 6.45) is 8.48. The molecule has 1 fully saturated rings. The zero-order chi connectivity index (χ0) is 26.7. The maximum absolute atomic E-state index is 13.4. The monoisotopic (exact) mass is 528 g/mol. The number of amides is 1. The van der Waals surface area contributed by atoms with Gasteiger partial charge in [-0.05, 0) is 68.4 Å². The zero-order valence-corrected chi connectivity index (χ0v) is 23.0. The van der Waals surface area contributed by atoms with Crippen molar-refractivity contribution in [1.29, 1.82) is 0 Å². The number of carbonyl (C=O) groups is 1. The summed E-state index contributed by atoms with van der Waals surface area (Å²) in [7, 11) is -1.61. The van der Waals surface area contributed by atoms with Gasteiger partial charge >= 0.3 is 6.09 Å². The van der Waals surface area contributed by atoms with Gasteiger partial charge in [0, 0.05) is 57.5 Å². The Bertz CT molecular complexity index is 1400. The van der Waals surface area contributed by atoms with Crippen molar-refractivity contribution in [3.05, 3.63) is 57.2 Å². The van der Waals surface area contributed by atoms with Gasteiger partial charge < -0.3 is 24.4 Å². The molecule has 1 amide bonds. The topological polar surface area (TPSA) is 101 Å². The Morgan fingerprint density at radius 1 is 1.24 bits per heavy atom. The number of ether oxygens (including phenoxy) is 1. The van der Waals surface area contributed by atoms with E-state index in [1.54, 1.807) is 22.7 Å². The number of nitrogens with zero attached hydrogens (tertiary/aromatic N) is 3. The van der Waals surface area contributed by atoms with Crippen molar-refractivity contribution in [1.82, 2.24) is 19.7 Å². The van der Waals surface area contributed by atoms with E-state index in [-0.39, 0.29) is 23.4 Å². The van der Waals surface area contributed by atoms with Crippen molar-refractivity contribution >= 4 is 27.2 Å². The van der Waals surface area contributed by atoms with E-state index >= 15 is 0 Å². The standard InChI is InChI=1S/C27H36N4O5S/c1-27(2,3)36-26(33)30-11-7-17(13-30)14-31-15-18-12-19(16-37(5,34)35)20-8-10-29(4)25(32)23(20)24-22(18)21(31)6-9-28-24/h8,10,12,15,17,21,28H,6-7,9,11,13-14,16H2,1-5H3. The van der Waals surface area contributed by atoms with Crippen LogP contribution in [-0.4, -0.2) is 78.7 Å². The van der Waals surface area contributed by atoms with Crippen LogP contribution >= 0.6 is 0 Å². The first-order valence-electron chi connectivity index (χ1n) is 12.8. The van der Waals surface area contributed by atoms with Crippen LogP contribution in [0.25, 0.3) is 11.3 Å². The third-order valence-corrected chi connectivity index (χ3v) is 8.19. The Labute approximate surface area is 218 Å². The lowest BCUT2D eigenvalue weighted by molar-refractivity contribution is 0.0286. The first kappa shape index (κ1) is 25.6. The summed E-state index contributed by atoms with van der Waals surface area (Å²) in [5.41, 5.74) is 4.00. The Morgan fingerprint density at radius 2 is 2.00 bits per heavy atom. The Kier molecular flexibility index (Phi) is 6.29. The minimum atomic E-state index is -3.32. The molecule has 1 aliphatic carbocycles. The second-order valence-electron chi connectivity index (χ2n) is 11.6. The smallest absolute Gasteiger partial charge is 0.410 e. The molecule has 37 heavy (non-hydrogen) atoms. The average Bonchev–Trinajstić information content (AvgIpc) is 3.35. The molecule has 1 N–H and O–H groups in total. The fraction of sp³-hybridized carbons (Fsp3) is 0.556. The summed E-state index contributed by atoms with van der Waals surface area (Å²) in [4.78, 5) is 30.0. The molecule has 3 aliphatic heterocycles. The van der Waals surface area contributed by atoms with Crippen molar-refractivity contribution in [2.75, 3.05) is 38.2 Å². The largest absolute Gasteiger partial charge is 0.444 e.